The van der Waals surface area contributed by atoms with Crippen molar-refractivity contribution in [1.29, 1.82) is 5.26 Å². The van der Waals surface area contributed by atoms with Crippen LogP contribution in [0.5, 0.6) is 0 Å². The summed E-state index contributed by atoms with van der Waals surface area (Å²) in [5, 5.41) is 9.53. The summed E-state index contributed by atoms with van der Waals surface area (Å²) >= 11 is 0. The van der Waals surface area contributed by atoms with E-state index in [1.807, 2.05) is 56.3 Å². The van der Waals surface area contributed by atoms with E-state index in [0.717, 1.165) is 27.9 Å². The maximum atomic E-state index is 9.53. The lowest BCUT2D eigenvalue weighted by atomic mass is 9.94. The molecule has 0 bridgehead atoms. The predicted octanol–water partition coefficient (Wildman–Crippen LogP) is 4.79. The van der Waals surface area contributed by atoms with Crippen LogP contribution in [0.3, 0.4) is 0 Å². The molecule has 0 amide bonds. The van der Waals surface area contributed by atoms with Crippen LogP contribution in [0.1, 0.15) is 22.3 Å². The minimum Gasteiger partial charge on any atom is -0.383 e. The summed E-state index contributed by atoms with van der Waals surface area (Å²) in [6.07, 6.45) is 0. The summed E-state index contributed by atoms with van der Waals surface area (Å²) in [5.74, 6) is 0.269. The second kappa shape index (κ2) is 6.17. The van der Waals surface area contributed by atoms with Gasteiger partial charge in [0.05, 0.1) is 5.69 Å². The third kappa shape index (κ3) is 2.87. The molecule has 3 rings (SSSR count). The maximum Gasteiger partial charge on any atom is 0.142 e. The fourth-order valence-electron chi connectivity index (χ4n) is 2.88. The zero-order chi connectivity index (χ0) is 17.3. The predicted molar refractivity (Wildman–Crippen MR) is 98.4 cm³/mol. The first-order valence-electron chi connectivity index (χ1n) is 7.85. The average molecular weight is 313 g/mol. The lowest BCUT2D eigenvalue weighted by Gasteiger charge is -2.13. The minimum atomic E-state index is 0.269. The quantitative estimate of drug-likeness (QED) is 0.739. The van der Waals surface area contributed by atoms with Gasteiger partial charge in [0.2, 0.25) is 0 Å². The second-order valence-electron chi connectivity index (χ2n) is 6.11. The normalized spacial score (nSPS) is 10.4. The molecule has 0 fully saturated rings. The van der Waals surface area contributed by atoms with Gasteiger partial charge < -0.3 is 5.73 Å². The van der Waals surface area contributed by atoms with Crippen molar-refractivity contribution < 1.29 is 0 Å². The van der Waals surface area contributed by atoms with Crippen molar-refractivity contribution in [1.82, 2.24) is 4.98 Å². The molecule has 0 aliphatic heterocycles. The fraction of sp³-hybridized carbons (Fsp3) is 0.143. The monoisotopic (exact) mass is 313 g/mol. The largest absolute Gasteiger partial charge is 0.383 e. The molecule has 0 spiro atoms. The van der Waals surface area contributed by atoms with Crippen LogP contribution in [-0.2, 0) is 0 Å². The number of hydrogen-bond donors (Lipinski definition) is 1. The van der Waals surface area contributed by atoms with Crippen LogP contribution in [-0.4, -0.2) is 4.98 Å². The summed E-state index contributed by atoms with van der Waals surface area (Å²) in [4.78, 5) is 4.43. The van der Waals surface area contributed by atoms with Gasteiger partial charge in [0.1, 0.15) is 17.5 Å². The van der Waals surface area contributed by atoms with Gasteiger partial charge in [-0.15, -0.1) is 0 Å². The number of pyridine rings is 1. The highest BCUT2D eigenvalue weighted by atomic mass is 14.8. The zero-order valence-corrected chi connectivity index (χ0v) is 14.1. The smallest absolute Gasteiger partial charge is 0.142 e. The molecule has 24 heavy (non-hydrogen) atoms. The number of hydrogen-bond acceptors (Lipinski definition) is 3. The Balaban J connectivity index is 2.24. The first-order chi connectivity index (χ1) is 11.5. The Morgan fingerprint density at radius 3 is 2.17 bits per heavy atom. The van der Waals surface area contributed by atoms with Crippen LogP contribution in [0.2, 0.25) is 0 Å². The molecule has 3 nitrogen and oxygen atoms in total. The number of aromatic nitrogens is 1. The van der Waals surface area contributed by atoms with Gasteiger partial charge in [0.15, 0.2) is 0 Å². The lowest BCUT2D eigenvalue weighted by Crippen LogP contribution is -2.00. The molecule has 1 aromatic heterocycles. The standard InChI is InChI=1S/C21H19N3/c1-13-4-7-16(8-5-13)20-11-18(19(12-22)21(23)24-20)17-9-6-14(2)10-15(17)3/h4-11H,1-3H3,(H2,23,24). The number of nitrogens with zero attached hydrogens (tertiary/aromatic N) is 2. The molecular weight excluding hydrogens is 294 g/mol. The molecule has 0 aliphatic rings. The van der Waals surface area contributed by atoms with Crippen LogP contribution in [0.25, 0.3) is 22.4 Å². The molecule has 0 atom stereocenters. The van der Waals surface area contributed by atoms with Crippen molar-refractivity contribution in [2.24, 2.45) is 0 Å². The van der Waals surface area contributed by atoms with E-state index in [-0.39, 0.29) is 5.82 Å². The van der Waals surface area contributed by atoms with E-state index >= 15 is 0 Å². The number of aryl methyl sites for hydroxylation is 3. The van der Waals surface area contributed by atoms with E-state index in [0.29, 0.717) is 5.56 Å². The van der Waals surface area contributed by atoms with Crippen molar-refractivity contribution in [3.8, 4) is 28.5 Å². The van der Waals surface area contributed by atoms with Crippen molar-refractivity contribution in [2.45, 2.75) is 20.8 Å². The molecule has 0 radical (unpaired) electrons. The highest BCUT2D eigenvalue weighted by molar-refractivity contribution is 5.81. The zero-order valence-electron chi connectivity index (χ0n) is 14.1. The van der Waals surface area contributed by atoms with Gasteiger partial charge in [-0.3, -0.25) is 0 Å². The van der Waals surface area contributed by atoms with Crippen molar-refractivity contribution in [3.05, 3.63) is 70.8 Å². The number of nitrogens with two attached hydrogens (primary N) is 1. The number of benzene rings is 2. The van der Waals surface area contributed by atoms with E-state index in [1.54, 1.807) is 0 Å². The molecule has 2 aromatic carbocycles. The van der Waals surface area contributed by atoms with Gasteiger partial charge in [-0.05, 0) is 38.0 Å². The second-order valence-corrected chi connectivity index (χ2v) is 6.11. The summed E-state index contributed by atoms with van der Waals surface area (Å²) in [5.41, 5.74) is 13.6. The molecule has 0 unspecified atom stereocenters. The van der Waals surface area contributed by atoms with Crippen molar-refractivity contribution in [2.75, 3.05) is 5.73 Å². The number of nitriles is 1. The van der Waals surface area contributed by atoms with Gasteiger partial charge in [0.25, 0.3) is 0 Å². The first-order valence-corrected chi connectivity index (χ1v) is 7.85. The Bertz CT molecular complexity index is 948. The van der Waals surface area contributed by atoms with Crippen LogP contribution >= 0.6 is 0 Å². The van der Waals surface area contributed by atoms with E-state index in [1.165, 1.54) is 11.1 Å². The highest BCUT2D eigenvalue weighted by Gasteiger charge is 2.14. The highest BCUT2D eigenvalue weighted by Crippen LogP contribution is 2.33. The summed E-state index contributed by atoms with van der Waals surface area (Å²) in [7, 11) is 0. The van der Waals surface area contributed by atoms with Crippen LogP contribution in [0.4, 0.5) is 5.82 Å². The molecule has 1 heterocycles. The lowest BCUT2D eigenvalue weighted by molar-refractivity contribution is 1.30. The van der Waals surface area contributed by atoms with Crippen LogP contribution < -0.4 is 5.73 Å². The summed E-state index contributed by atoms with van der Waals surface area (Å²) in [6, 6.07) is 18.5. The molecular formula is C21H19N3. The topological polar surface area (TPSA) is 62.7 Å². The summed E-state index contributed by atoms with van der Waals surface area (Å²) < 4.78 is 0. The molecule has 118 valence electrons. The Labute approximate surface area is 142 Å². The summed E-state index contributed by atoms with van der Waals surface area (Å²) in [6.45, 7) is 6.15. The molecule has 0 saturated heterocycles. The van der Waals surface area contributed by atoms with E-state index in [2.05, 4.69) is 24.0 Å². The van der Waals surface area contributed by atoms with Gasteiger partial charge in [-0.25, -0.2) is 4.98 Å². The molecule has 2 N–H and O–H groups in total. The Morgan fingerprint density at radius 2 is 1.54 bits per heavy atom. The third-order valence-corrected chi connectivity index (χ3v) is 4.18. The SMILES string of the molecule is Cc1ccc(-c2cc(-c3ccc(C)cc3C)c(C#N)c(N)n2)cc1. The van der Waals surface area contributed by atoms with E-state index in [9.17, 15) is 5.26 Å². The minimum absolute atomic E-state index is 0.269. The van der Waals surface area contributed by atoms with Gasteiger partial charge in [0, 0.05) is 11.1 Å². The van der Waals surface area contributed by atoms with Gasteiger partial charge in [-0.1, -0.05) is 53.6 Å². The average Bonchev–Trinajstić information content (AvgIpc) is 2.55. The van der Waals surface area contributed by atoms with Crippen LogP contribution in [0.15, 0.2) is 48.5 Å². The molecule has 0 saturated carbocycles. The Kier molecular flexibility index (Phi) is 4.05. The van der Waals surface area contributed by atoms with Crippen molar-refractivity contribution >= 4 is 5.82 Å². The molecule has 3 aromatic rings. The fourth-order valence-corrected chi connectivity index (χ4v) is 2.88. The van der Waals surface area contributed by atoms with E-state index < -0.39 is 0 Å². The Hall–Kier alpha value is -3.12. The number of anilines is 1. The first kappa shape index (κ1) is 15.8. The van der Waals surface area contributed by atoms with Gasteiger partial charge >= 0.3 is 0 Å². The third-order valence-electron chi connectivity index (χ3n) is 4.18. The molecule has 0 aliphatic carbocycles. The Morgan fingerprint density at radius 1 is 0.875 bits per heavy atom. The van der Waals surface area contributed by atoms with E-state index in [4.69, 9.17) is 5.73 Å². The number of nitrogen functional groups attached to an aromatic ring is 1. The maximum absolute atomic E-state index is 9.53. The van der Waals surface area contributed by atoms with Gasteiger partial charge in [-0.2, -0.15) is 5.26 Å². The van der Waals surface area contributed by atoms with Crippen molar-refractivity contribution in [3.63, 3.8) is 0 Å². The van der Waals surface area contributed by atoms with Crippen LogP contribution in [0, 0.1) is 32.1 Å². The molecule has 3 heteroatoms. The number of rotatable bonds is 2.